The van der Waals surface area contributed by atoms with E-state index in [1.54, 1.807) is 13.0 Å². The molecule has 2 aromatic rings. The van der Waals surface area contributed by atoms with E-state index in [0.717, 1.165) is 0 Å². The predicted octanol–water partition coefficient (Wildman–Crippen LogP) is 3.45. The predicted molar refractivity (Wildman–Crippen MR) is 88.1 cm³/mol. The van der Waals surface area contributed by atoms with Gasteiger partial charge in [-0.1, -0.05) is 11.6 Å². The first kappa shape index (κ1) is 17.2. The summed E-state index contributed by atoms with van der Waals surface area (Å²) in [7, 11) is 0. The Morgan fingerprint density at radius 3 is 2.75 bits per heavy atom. The Balaban J connectivity index is 2.02. The summed E-state index contributed by atoms with van der Waals surface area (Å²) < 4.78 is 5.31. The first-order valence-electron chi connectivity index (χ1n) is 6.78. The number of halogens is 1. The lowest BCUT2D eigenvalue weighted by atomic mass is 10.2. The van der Waals surface area contributed by atoms with Crippen LogP contribution in [0.4, 0.5) is 11.4 Å². The molecule has 0 saturated carbocycles. The van der Waals surface area contributed by atoms with Gasteiger partial charge in [0.25, 0.3) is 11.6 Å². The number of rotatable bonds is 5. The molecule has 0 aliphatic carbocycles. The van der Waals surface area contributed by atoms with E-state index in [0.29, 0.717) is 22.0 Å². The molecule has 2 aromatic carbocycles. The zero-order valence-corrected chi connectivity index (χ0v) is 13.3. The van der Waals surface area contributed by atoms with E-state index in [-0.39, 0.29) is 17.9 Å². The summed E-state index contributed by atoms with van der Waals surface area (Å²) in [5.74, 6) is -0.148. The van der Waals surface area contributed by atoms with Gasteiger partial charge in [-0.3, -0.25) is 14.9 Å². The van der Waals surface area contributed by atoms with E-state index < -0.39 is 10.8 Å². The van der Waals surface area contributed by atoms with Gasteiger partial charge >= 0.3 is 0 Å². The molecule has 8 heteroatoms. The van der Waals surface area contributed by atoms with Gasteiger partial charge in [-0.05, 0) is 37.3 Å². The Labute approximate surface area is 142 Å². The van der Waals surface area contributed by atoms with Crippen LogP contribution in [0, 0.1) is 28.4 Å². The molecule has 0 spiro atoms. The maximum Gasteiger partial charge on any atom is 0.272 e. The number of anilines is 1. The van der Waals surface area contributed by atoms with Crippen molar-refractivity contribution in [3.8, 4) is 11.8 Å². The number of ether oxygens (including phenoxy) is 1. The molecule has 2 rings (SSSR count). The number of amides is 1. The van der Waals surface area contributed by atoms with Crippen LogP contribution in [-0.2, 0) is 4.79 Å². The summed E-state index contributed by atoms with van der Waals surface area (Å²) in [4.78, 5) is 22.2. The first-order valence-corrected chi connectivity index (χ1v) is 7.16. The number of aryl methyl sites for hydroxylation is 1. The van der Waals surface area contributed by atoms with Crippen LogP contribution in [-0.4, -0.2) is 17.4 Å². The zero-order valence-electron chi connectivity index (χ0n) is 12.6. The molecule has 24 heavy (non-hydrogen) atoms. The van der Waals surface area contributed by atoms with Crippen LogP contribution in [0.2, 0.25) is 5.02 Å². The van der Waals surface area contributed by atoms with Gasteiger partial charge in [-0.15, -0.1) is 0 Å². The molecular weight excluding hydrogens is 334 g/mol. The highest BCUT2D eigenvalue weighted by Gasteiger charge is 2.12. The average molecular weight is 346 g/mol. The third-order valence-electron chi connectivity index (χ3n) is 3.11. The highest BCUT2D eigenvalue weighted by molar-refractivity contribution is 6.31. The standard InChI is InChI=1S/C16H12ClN3O4/c1-10-6-13(4-5-15(10)20(22)23)24-9-16(21)19-14-7-12(17)3-2-11(14)8-18/h2-7H,9H2,1H3,(H,19,21). The number of carbonyl (C=O) groups excluding carboxylic acids is 1. The smallest absolute Gasteiger partial charge is 0.272 e. The van der Waals surface area contributed by atoms with Gasteiger partial charge in [0.05, 0.1) is 16.2 Å². The van der Waals surface area contributed by atoms with Gasteiger partial charge < -0.3 is 10.1 Å². The molecular formula is C16H12ClN3O4. The van der Waals surface area contributed by atoms with Crippen LogP contribution in [0.1, 0.15) is 11.1 Å². The maximum atomic E-state index is 11.9. The second-order valence-corrected chi connectivity index (χ2v) is 5.28. The second-order valence-electron chi connectivity index (χ2n) is 4.84. The van der Waals surface area contributed by atoms with Crippen LogP contribution in [0.5, 0.6) is 5.75 Å². The molecule has 0 unspecified atom stereocenters. The van der Waals surface area contributed by atoms with Gasteiger partial charge in [-0.2, -0.15) is 5.26 Å². The highest BCUT2D eigenvalue weighted by atomic mass is 35.5. The van der Waals surface area contributed by atoms with Crippen molar-refractivity contribution in [1.29, 1.82) is 5.26 Å². The summed E-state index contributed by atoms with van der Waals surface area (Å²) in [6, 6.07) is 10.7. The Morgan fingerprint density at radius 2 is 2.12 bits per heavy atom. The second kappa shape index (κ2) is 7.44. The van der Waals surface area contributed by atoms with Crippen molar-refractivity contribution >= 4 is 28.9 Å². The number of nitriles is 1. The average Bonchev–Trinajstić information content (AvgIpc) is 2.53. The SMILES string of the molecule is Cc1cc(OCC(=O)Nc2cc(Cl)ccc2C#N)ccc1[N+](=O)[O-]. The van der Waals surface area contributed by atoms with Crippen molar-refractivity contribution in [2.24, 2.45) is 0 Å². The molecule has 0 aliphatic heterocycles. The lowest BCUT2D eigenvalue weighted by molar-refractivity contribution is -0.385. The summed E-state index contributed by atoms with van der Waals surface area (Å²) in [6.45, 7) is 1.27. The molecule has 0 saturated heterocycles. The lowest BCUT2D eigenvalue weighted by Crippen LogP contribution is -2.20. The summed E-state index contributed by atoms with van der Waals surface area (Å²) in [5.41, 5.74) is 0.973. The highest BCUT2D eigenvalue weighted by Crippen LogP contribution is 2.23. The van der Waals surface area contributed by atoms with Gasteiger partial charge in [0.2, 0.25) is 0 Å². The quantitative estimate of drug-likeness (QED) is 0.660. The molecule has 7 nitrogen and oxygen atoms in total. The van der Waals surface area contributed by atoms with Gasteiger partial charge in [0.1, 0.15) is 11.8 Å². The topological polar surface area (TPSA) is 105 Å². The van der Waals surface area contributed by atoms with Crippen molar-refractivity contribution in [2.75, 3.05) is 11.9 Å². The molecule has 1 amide bonds. The Bertz CT molecular complexity index is 846. The van der Waals surface area contributed by atoms with E-state index in [4.69, 9.17) is 21.6 Å². The van der Waals surface area contributed by atoms with Gasteiger partial charge in [0.15, 0.2) is 6.61 Å². The third-order valence-corrected chi connectivity index (χ3v) is 3.35. The fourth-order valence-corrected chi connectivity index (χ4v) is 2.15. The first-order chi connectivity index (χ1) is 11.4. The van der Waals surface area contributed by atoms with Gasteiger partial charge in [0, 0.05) is 16.7 Å². The molecule has 0 radical (unpaired) electrons. The fourth-order valence-electron chi connectivity index (χ4n) is 1.98. The number of nitrogens with zero attached hydrogens (tertiary/aromatic N) is 2. The van der Waals surface area contributed by atoms with E-state index in [1.807, 2.05) is 6.07 Å². The molecule has 0 atom stereocenters. The van der Waals surface area contributed by atoms with E-state index in [9.17, 15) is 14.9 Å². The van der Waals surface area contributed by atoms with Crippen molar-refractivity contribution in [1.82, 2.24) is 0 Å². The minimum atomic E-state index is -0.492. The van der Waals surface area contributed by atoms with Crippen molar-refractivity contribution in [2.45, 2.75) is 6.92 Å². The zero-order chi connectivity index (χ0) is 17.7. The number of nitro groups is 1. The number of nitro benzene ring substituents is 1. The van der Waals surface area contributed by atoms with Crippen molar-refractivity contribution in [3.63, 3.8) is 0 Å². The van der Waals surface area contributed by atoms with E-state index >= 15 is 0 Å². The minimum Gasteiger partial charge on any atom is -0.484 e. The number of carbonyl (C=O) groups is 1. The molecule has 122 valence electrons. The van der Waals surface area contributed by atoms with Crippen molar-refractivity contribution in [3.05, 3.63) is 62.7 Å². The maximum absolute atomic E-state index is 11.9. The van der Waals surface area contributed by atoms with Crippen LogP contribution in [0.15, 0.2) is 36.4 Å². The lowest BCUT2D eigenvalue weighted by Gasteiger charge is -2.09. The largest absolute Gasteiger partial charge is 0.484 e. The Hall–Kier alpha value is -3.11. The number of nitrogens with one attached hydrogen (secondary N) is 1. The molecule has 0 heterocycles. The molecule has 1 N–H and O–H groups in total. The monoisotopic (exact) mass is 345 g/mol. The molecule has 0 bridgehead atoms. The molecule has 0 aliphatic rings. The Kier molecular flexibility index (Phi) is 5.35. The molecule has 0 fully saturated rings. The fraction of sp³-hybridized carbons (Fsp3) is 0.125. The number of hydrogen-bond donors (Lipinski definition) is 1. The van der Waals surface area contributed by atoms with Crippen LogP contribution >= 0.6 is 11.6 Å². The summed E-state index contributed by atoms with van der Waals surface area (Å²) in [5, 5.41) is 22.7. The number of benzene rings is 2. The van der Waals surface area contributed by atoms with Crippen molar-refractivity contribution < 1.29 is 14.5 Å². The van der Waals surface area contributed by atoms with Crippen LogP contribution in [0.3, 0.4) is 0 Å². The van der Waals surface area contributed by atoms with E-state index in [1.165, 1.54) is 30.3 Å². The normalized spacial score (nSPS) is 9.88. The molecule has 0 aromatic heterocycles. The van der Waals surface area contributed by atoms with Crippen LogP contribution < -0.4 is 10.1 Å². The van der Waals surface area contributed by atoms with Gasteiger partial charge in [-0.25, -0.2) is 0 Å². The number of hydrogen-bond acceptors (Lipinski definition) is 5. The van der Waals surface area contributed by atoms with E-state index in [2.05, 4.69) is 5.32 Å². The Morgan fingerprint density at radius 1 is 1.38 bits per heavy atom. The minimum absolute atomic E-state index is 0.0237. The summed E-state index contributed by atoms with van der Waals surface area (Å²) >= 11 is 5.84. The van der Waals surface area contributed by atoms with Crippen LogP contribution in [0.25, 0.3) is 0 Å². The summed E-state index contributed by atoms with van der Waals surface area (Å²) in [6.07, 6.45) is 0. The third kappa shape index (κ3) is 4.21.